The van der Waals surface area contributed by atoms with Gasteiger partial charge >= 0.3 is 0 Å². The third kappa shape index (κ3) is 11.7. The number of benzene rings is 2. The molecule has 10 heteroatoms. The summed E-state index contributed by atoms with van der Waals surface area (Å²) < 4.78 is 13.9. The van der Waals surface area contributed by atoms with Crippen LogP contribution in [-0.2, 0) is 9.59 Å². The Morgan fingerprint density at radius 3 is 2.25 bits per heavy atom. The fourth-order valence-electron chi connectivity index (χ4n) is 3.76. The summed E-state index contributed by atoms with van der Waals surface area (Å²) in [4.78, 5) is 40.5. The van der Waals surface area contributed by atoms with E-state index in [9.17, 15) is 14.0 Å². The minimum absolute atomic E-state index is 0.250. The number of nitrogens with zero attached hydrogens (tertiary/aromatic N) is 3. The molecule has 9 nitrogen and oxygen atoms in total. The highest BCUT2D eigenvalue weighted by Crippen LogP contribution is 2.24. The molecule has 0 saturated heterocycles. The second kappa shape index (κ2) is 20.0. The number of halogens is 1. The zero-order valence-electron chi connectivity index (χ0n) is 25.9. The molecule has 2 aromatic heterocycles. The van der Waals surface area contributed by atoms with Crippen LogP contribution in [0.4, 0.5) is 4.39 Å². The second-order valence-electron chi connectivity index (χ2n) is 9.71. The molecule has 0 radical (unpaired) electrons. The first-order valence-electron chi connectivity index (χ1n) is 13.8. The molecule has 44 heavy (non-hydrogen) atoms. The maximum absolute atomic E-state index is 13.9. The van der Waals surface area contributed by atoms with E-state index in [1.165, 1.54) is 6.07 Å². The zero-order valence-corrected chi connectivity index (χ0v) is 25.9. The van der Waals surface area contributed by atoms with Crippen molar-refractivity contribution < 1.29 is 23.9 Å². The van der Waals surface area contributed by atoms with Gasteiger partial charge in [-0.15, -0.1) is 0 Å². The minimum atomic E-state index is -0.319. The average molecular weight is 602 g/mol. The smallest absolute Gasteiger partial charge is 0.290 e. The monoisotopic (exact) mass is 601 g/mol. The van der Waals surface area contributed by atoms with Gasteiger partial charge in [0.1, 0.15) is 5.82 Å². The summed E-state index contributed by atoms with van der Waals surface area (Å²) in [6.07, 6.45) is 6.11. The molecule has 4 aromatic rings. The van der Waals surface area contributed by atoms with Crippen LogP contribution in [0.15, 0.2) is 67.0 Å². The van der Waals surface area contributed by atoms with E-state index in [4.69, 9.17) is 9.90 Å². The van der Waals surface area contributed by atoms with Gasteiger partial charge in [0.05, 0.1) is 16.8 Å². The van der Waals surface area contributed by atoms with Crippen LogP contribution >= 0.6 is 0 Å². The van der Waals surface area contributed by atoms with E-state index < -0.39 is 0 Å². The third-order valence-corrected chi connectivity index (χ3v) is 6.69. The summed E-state index contributed by atoms with van der Waals surface area (Å²) in [5, 5.41) is 7.61. The van der Waals surface area contributed by atoms with Gasteiger partial charge in [-0.3, -0.25) is 30.6 Å². The van der Waals surface area contributed by atoms with Crippen LogP contribution < -0.4 is 11.3 Å². The Morgan fingerprint density at radius 1 is 1.07 bits per heavy atom. The minimum Gasteiger partial charge on any atom is -0.483 e. The molecule has 4 N–H and O–H groups in total. The van der Waals surface area contributed by atoms with Crippen molar-refractivity contribution in [1.29, 1.82) is 0 Å². The molecule has 0 spiro atoms. The number of aromatic nitrogens is 2. The van der Waals surface area contributed by atoms with Crippen molar-refractivity contribution in [3.63, 3.8) is 0 Å². The standard InChI is InChI=1S/C24H15FN2O.C8H17NO.CH6N2.CH2O2/c1-16-2-6-18(22(25)12-16)7-3-17-4-8-19(9-5-17)24-13-20(15-28)21-14-26-11-10-23(21)27-24;1-5-7(2)8(3)9(4)6-10;1-3-2;2-1-3/h2,4-6,8-15H,1H3;6-8H,5H2,1-4H3;3H,2H2,1H3;1H,(H,2,3). The molecule has 0 aliphatic carbocycles. The lowest BCUT2D eigenvalue weighted by Crippen LogP contribution is -2.32. The van der Waals surface area contributed by atoms with E-state index in [1.54, 1.807) is 42.5 Å². The molecule has 0 aliphatic heterocycles. The Labute approximate surface area is 258 Å². The maximum Gasteiger partial charge on any atom is 0.290 e. The Morgan fingerprint density at radius 2 is 1.70 bits per heavy atom. The molecular weight excluding hydrogens is 561 g/mol. The molecule has 2 atom stereocenters. The molecule has 4 rings (SSSR count). The molecule has 1 amide bonds. The van der Waals surface area contributed by atoms with Crippen LogP contribution in [0.1, 0.15) is 54.2 Å². The zero-order chi connectivity index (χ0) is 33.1. The first kappa shape index (κ1) is 37.0. The first-order chi connectivity index (χ1) is 21.1. The van der Waals surface area contributed by atoms with E-state index in [0.29, 0.717) is 34.3 Å². The topological polar surface area (TPSA) is 139 Å². The molecule has 0 bridgehead atoms. The van der Waals surface area contributed by atoms with Crippen molar-refractivity contribution in [1.82, 2.24) is 20.3 Å². The largest absolute Gasteiger partial charge is 0.483 e. The van der Waals surface area contributed by atoms with Crippen molar-refractivity contribution in [3.8, 4) is 23.1 Å². The van der Waals surface area contributed by atoms with Crippen LogP contribution in [-0.4, -0.2) is 59.3 Å². The van der Waals surface area contributed by atoms with Crippen molar-refractivity contribution in [2.24, 2.45) is 11.8 Å². The number of carboxylic acid groups (broad SMARTS) is 1. The number of amides is 1. The first-order valence-corrected chi connectivity index (χ1v) is 13.8. The van der Waals surface area contributed by atoms with Crippen LogP contribution in [0, 0.1) is 30.5 Å². The molecular formula is C34H40FN5O4. The Bertz CT molecular complexity index is 1550. The van der Waals surface area contributed by atoms with Crippen LogP contribution in [0.2, 0.25) is 0 Å². The summed E-state index contributed by atoms with van der Waals surface area (Å²) in [5.74, 6) is 10.7. The van der Waals surface area contributed by atoms with Gasteiger partial charge in [-0.05, 0) is 68.8 Å². The predicted octanol–water partition coefficient (Wildman–Crippen LogP) is 5.25. The average Bonchev–Trinajstić information content (AvgIpc) is 3.04. The van der Waals surface area contributed by atoms with E-state index in [-0.39, 0.29) is 12.3 Å². The highest BCUT2D eigenvalue weighted by Gasteiger charge is 2.13. The number of hydrazine groups is 1. The lowest BCUT2D eigenvalue weighted by atomic mass is 10.0. The SMILES string of the molecule is CCC(C)C(C)N(C)C=O.CNN.Cc1ccc(C#Cc2ccc(-c3cc(C=O)c4cnccc4n3)cc2)c(F)c1.O=CO. The quantitative estimate of drug-likeness (QED) is 0.118. The van der Waals surface area contributed by atoms with Crippen molar-refractivity contribution in [2.45, 2.75) is 40.2 Å². The van der Waals surface area contributed by atoms with Crippen LogP contribution in [0.3, 0.4) is 0 Å². The summed E-state index contributed by atoms with van der Waals surface area (Å²) in [7, 11) is 3.48. The van der Waals surface area contributed by atoms with Gasteiger partial charge in [-0.1, -0.05) is 50.3 Å². The fraction of sp³-hybridized carbons (Fsp3) is 0.265. The van der Waals surface area contributed by atoms with Crippen LogP contribution in [0.25, 0.3) is 22.2 Å². The lowest BCUT2D eigenvalue weighted by Gasteiger charge is -2.25. The van der Waals surface area contributed by atoms with Gasteiger partial charge in [-0.2, -0.15) is 0 Å². The van der Waals surface area contributed by atoms with E-state index in [0.717, 1.165) is 41.2 Å². The predicted molar refractivity (Wildman–Crippen MR) is 172 cm³/mol. The number of carbonyl (C=O) groups is 3. The number of hydrogen-bond acceptors (Lipinski definition) is 7. The van der Waals surface area contributed by atoms with Crippen molar-refractivity contribution in [2.75, 3.05) is 14.1 Å². The summed E-state index contributed by atoms with van der Waals surface area (Å²) in [6, 6.07) is 16.4. The number of pyridine rings is 2. The molecule has 2 unspecified atom stereocenters. The number of aldehydes is 1. The summed E-state index contributed by atoms with van der Waals surface area (Å²) in [6.45, 7) is 7.96. The number of nitrogens with one attached hydrogen (secondary N) is 1. The van der Waals surface area contributed by atoms with Gasteiger partial charge in [0.25, 0.3) is 6.47 Å². The molecule has 232 valence electrons. The molecule has 2 aromatic carbocycles. The van der Waals surface area contributed by atoms with E-state index in [1.807, 2.05) is 44.3 Å². The number of rotatable bonds is 6. The second-order valence-corrected chi connectivity index (χ2v) is 9.71. The highest BCUT2D eigenvalue weighted by atomic mass is 19.1. The Kier molecular flexibility index (Phi) is 16.9. The van der Waals surface area contributed by atoms with Gasteiger partial charge in [0.15, 0.2) is 6.29 Å². The van der Waals surface area contributed by atoms with E-state index in [2.05, 4.69) is 53.8 Å². The van der Waals surface area contributed by atoms with Crippen molar-refractivity contribution >= 4 is 30.1 Å². The number of fused-ring (bicyclic) bond motifs is 1. The number of nitrogens with two attached hydrogens (primary N) is 1. The summed E-state index contributed by atoms with van der Waals surface area (Å²) >= 11 is 0. The summed E-state index contributed by atoms with van der Waals surface area (Å²) in [5.41, 5.74) is 7.08. The molecule has 0 saturated carbocycles. The van der Waals surface area contributed by atoms with E-state index >= 15 is 0 Å². The lowest BCUT2D eigenvalue weighted by molar-refractivity contribution is -0.123. The van der Waals surface area contributed by atoms with Crippen molar-refractivity contribution in [3.05, 3.63) is 95.1 Å². The Hall–Kier alpha value is -4.98. The number of hydrogen-bond donors (Lipinski definition) is 3. The maximum atomic E-state index is 13.9. The molecule has 0 aliphatic rings. The molecule has 0 fully saturated rings. The number of aryl methyl sites for hydroxylation is 1. The highest BCUT2D eigenvalue weighted by molar-refractivity contribution is 5.97. The van der Waals surface area contributed by atoms with Crippen LogP contribution in [0.5, 0.6) is 0 Å². The van der Waals surface area contributed by atoms with Gasteiger partial charge in [-0.25, -0.2) is 9.37 Å². The van der Waals surface area contributed by atoms with Gasteiger partial charge in [0, 0.05) is 47.6 Å². The molecule has 2 heterocycles. The van der Waals surface area contributed by atoms with Gasteiger partial charge < -0.3 is 10.0 Å². The fourth-order valence-corrected chi connectivity index (χ4v) is 3.76. The number of carbonyl (C=O) groups excluding carboxylic acids is 2. The van der Waals surface area contributed by atoms with Gasteiger partial charge in [0.2, 0.25) is 6.41 Å². The Balaban J connectivity index is 0.000000506. The third-order valence-electron chi connectivity index (χ3n) is 6.69. The normalized spacial score (nSPS) is 10.9.